The van der Waals surface area contributed by atoms with Gasteiger partial charge in [-0.2, -0.15) is 0 Å². The van der Waals surface area contributed by atoms with Crippen molar-refractivity contribution < 1.29 is 9.59 Å². The van der Waals surface area contributed by atoms with E-state index in [0.717, 1.165) is 0 Å². The topological polar surface area (TPSA) is 83.1 Å². The molecule has 6 heteroatoms. The summed E-state index contributed by atoms with van der Waals surface area (Å²) in [6.07, 6.45) is 1.56. The van der Waals surface area contributed by atoms with E-state index in [2.05, 4.69) is 20.9 Å². The second-order valence-corrected chi connectivity index (χ2v) is 2.70. The van der Waals surface area contributed by atoms with E-state index in [1.165, 1.54) is 7.05 Å². The Bertz CT molecular complexity index is 339. The lowest BCUT2D eigenvalue weighted by Crippen LogP contribution is -2.37. The monoisotopic (exact) mass is 208 g/mol. The van der Waals surface area contributed by atoms with Gasteiger partial charge in [0.25, 0.3) is 0 Å². The number of pyridine rings is 1. The first kappa shape index (κ1) is 11.0. The fraction of sp³-hybridized carbons (Fsp3) is 0.222. The maximum atomic E-state index is 11.2. The molecule has 1 rings (SSSR count). The Labute approximate surface area is 87.1 Å². The van der Waals surface area contributed by atoms with Crippen molar-refractivity contribution in [2.45, 2.75) is 0 Å². The summed E-state index contributed by atoms with van der Waals surface area (Å²) in [5, 5.41) is 7.25. The van der Waals surface area contributed by atoms with Crippen LogP contribution in [0.4, 0.5) is 10.6 Å². The summed E-state index contributed by atoms with van der Waals surface area (Å²) in [7, 11) is 1.50. The van der Waals surface area contributed by atoms with Crippen molar-refractivity contribution in [3.63, 3.8) is 0 Å². The van der Waals surface area contributed by atoms with Crippen molar-refractivity contribution in [3.8, 4) is 0 Å². The molecule has 0 aliphatic rings. The molecule has 0 spiro atoms. The summed E-state index contributed by atoms with van der Waals surface area (Å²) in [5.41, 5.74) is 0. The molecule has 15 heavy (non-hydrogen) atoms. The molecular weight excluding hydrogens is 196 g/mol. The molecule has 80 valence electrons. The zero-order valence-corrected chi connectivity index (χ0v) is 8.28. The van der Waals surface area contributed by atoms with Crippen molar-refractivity contribution in [1.82, 2.24) is 15.6 Å². The van der Waals surface area contributed by atoms with Crippen LogP contribution < -0.4 is 16.0 Å². The Kier molecular flexibility index (Phi) is 4.08. The van der Waals surface area contributed by atoms with Gasteiger partial charge in [-0.25, -0.2) is 9.78 Å². The van der Waals surface area contributed by atoms with E-state index in [-0.39, 0.29) is 12.5 Å². The lowest BCUT2D eigenvalue weighted by molar-refractivity contribution is -0.119. The molecule has 0 aliphatic heterocycles. The molecule has 0 fully saturated rings. The van der Waals surface area contributed by atoms with Crippen molar-refractivity contribution in [1.29, 1.82) is 0 Å². The Morgan fingerprint density at radius 1 is 1.40 bits per heavy atom. The highest BCUT2D eigenvalue weighted by Gasteiger charge is 2.03. The van der Waals surface area contributed by atoms with E-state index in [9.17, 15) is 9.59 Å². The average molecular weight is 208 g/mol. The maximum Gasteiger partial charge on any atom is 0.320 e. The highest BCUT2D eigenvalue weighted by Crippen LogP contribution is 1.98. The van der Waals surface area contributed by atoms with E-state index < -0.39 is 6.03 Å². The van der Waals surface area contributed by atoms with Crippen LogP contribution in [0.1, 0.15) is 0 Å². The Hall–Kier alpha value is -2.11. The summed E-state index contributed by atoms with van der Waals surface area (Å²) in [4.78, 5) is 25.9. The van der Waals surface area contributed by atoms with Gasteiger partial charge in [0.05, 0.1) is 6.54 Å². The van der Waals surface area contributed by atoms with Crippen LogP contribution in [-0.4, -0.2) is 30.5 Å². The predicted octanol–water partition coefficient (Wildman–Crippen LogP) is -0.0509. The van der Waals surface area contributed by atoms with E-state index >= 15 is 0 Å². The zero-order valence-electron chi connectivity index (χ0n) is 8.28. The largest absolute Gasteiger partial charge is 0.358 e. The molecular formula is C9H12N4O2. The number of hydrogen-bond donors (Lipinski definition) is 3. The number of anilines is 1. The molecule has 0 aliphatic carbocycles. The second-order valence-electron chi connectivity index (χ2n) is 2.70. The first-order chi connectivity index (χ1) is 7.22. The number of rotatable bonds is 3. The normalized spacial score (nSPS) is 9.13. The van der Waals surface area contributed by atoms with Crippen LogP contribution >= 0.6 is 0 Å². The van der Waals surface area contributed by atoms with Crippen LogP contribution in [0, 0.1) is 0 Å². The smallest absolute Gasteiger partial charge is 0.320 e. The summed E-state index contributed by atoms with van der Waals surface area (Å²) >= 11 is 0. The molecule has 1 aromatic heterocycles. The van der Waals surface area contributed by atoms with Gasteiger partial charge in [0.15, 0.2) is 0 Å². The quantitative estimate of drug-likeness (QED) is 0.651. The van der Waals surface area contributed by atoms with Gasteiger partial charge in [0.2, 0.25) is 5.91 Å². The molecule has 6 nitrogen and oxygen atoms in total. The zero-order chi connectivity index (χ0) is 11.1. The fourth-order valence-electron chi connectivity index (χ4n) is 0.846. The lowest BCUT2D eigenvalue weighted by atomic mass is 10.5. The number of hydrogen-bond acceptors (Lipinski definition) is 3. The van der Waals surface area contributed by atoms with E-state index in [0.29, 0.717) is 5.82 Å². The number of aromatic nitrogens is 1. The van der Waals surface area contributed by atoms with E-state index in [1.54, 1.807) is 24.4 Å². The summed E-state index contributed by atoms with van der Waals surface area (Å²) in [6, 6.07) is 4.69. The number of urea groups is 1. The molecule has 3 amide bonds. The third-order valence-electron chi connectivity index (χ3n) is 1.59. The molecule has 0 bridgehead atoms. The molecule has 0 radical (unpaired) electrons. The van der Waals surface area contributed by atoms with Gasteiger partial charge in [0, 0.05) is 13.2 Å². The van der Waals surface area contributed by atoms with Crippen LogP contribution in [0.25, 0.3) is 0 Å². The number of likely N-dealkylation sites (N-methyl/N-ethyl adjacent to an activating group) is 1. The molecule has 0 aromatic carbocycles. The van der Waals surface area contributed by atoms with Crippen LogP contribution in [0.15, 0.2) is 24.4 Å². The Morgan fingerprint density at radius 3 is 2.80 bits per heavy atom. The maximum absolute atomic E-state index is 11.2. The molecule has 1 aromatic rings. The first-order valence-electron chi connectivity index (χ1n) is 4.39. The van der Waals surface area contributed by atoms with Gasteiger partial charge in [-0.15, -0.1) is 0 Å². The van der Waals surface area contributed by atoms with Crippen LogP contribution in [0.5, 0.6) is 0 Å². The Balaban J connectivity index is 2.34. The summed E-state index contributed by atoms with van der Waals surface area (Å²) in [6.45, 7) is -0.0604. The highest BCUT2D eigenvalue weighted by atomic mass is 16.2. The molecule has 0 atom stereocenters. The van der Waals surface area contributed by atoms with Crippen LogP contribution in [-0.2, 0) is 4.79 Å². The van der Waals surface area contributed by atoms with Crippen molar-refractivity contribution in [2.75, 3.05) is 18.9 Å². The van der Waals surface area contributed by atoms with E-state index in [4.69, 9.17) is 0 Å². The molecule has 3 N–H and O–H groups in total. The number of carbonyl (C=O) groups excluding carboxylic acids is 2. The Morgan fingerprint density at radius 2 is 2.20 bits per heavy atom. The van der Waals surface area contributed by atoms with Crippen LogP contribution in [0.2, 0.25) is 0 Å². The summed E-state index contributed by atoms with van der Waals surface area (Å²) in [5.74, 6) is 0.179. The van der Waals surface area contributed by atoms with Gasteiger partial charge < -0.3 is 10.6 Å². The number of nitrogens with zero attached hydrogens (tertiary/aromatic N) is 1. The lowest BCUT2D eigenvalue weighted by Gasteiger charge is -2.05. The van der Waals surface area contributed by atoms with E-state index in [1.807, 2.05) is 0 Å². The predicted molar refractivity (Wildman–Crippen MR) is 55.3 cm³/mol. The number of amides is 3. The standard InChI is InChI=1S/C9H12N4O2/c1-10-8(14)6-12-9(15)13-7-4-2-3-5-11-7/h2-5H,6H2,1H3,(H,10,14)(H2,11,12,13,15). The highest BCUT2D eigenvalue weighted by molar-refractivity contribution is 5.91. The van der Waals surface area contributed by atoms with Crippen LogP contribution in [0.3, 0.4) is 0 Å². The van der Waals surface area contributed by atoms with Gasteiger partial charge >= 0.3 is 6.03 Å². The minimum Gasteiger partial charge on any atom is -0.358 e. The van der Waals surface area contributed by atoms with Crippen molar-refractivity contribution in [3.05, 3.63) is 24.4 Å². The number of carbonyl (C=O) groups is 2. The molecule has 1 heterocycles. The molecule has 0 saturated carbocycles. The third-order valence-corrected chi connectivity index (χ3v) is 1.59. The summed E-state index contributed by atoms with van der Waals surface area (Å²) < 4.78 is 0. The van der Waals surface area contributed by atoms with Gasteiger partial charge in [-0.1, -0.05) is 6.07 Å². The minimum atomic E-state index is -0.461. The van der Waals surface area contributed by atoms with Gasteiger partial charge in [0.1, 0.15) is 5.82 Å². The van der Waals surface area contributed by atoms with Gasteiger partial charge in [-0.3, -0.25) is 10.1 Å². The average Bonchev–Trinajstić information content (AvgIpc) is 2.27. The minimum absolute atomic E-state index is 0.0604. The van der Waals surface area contributed by atoms with Crippen molar-refractivity contribution >= 4 is 17.8 Å². The molecule has 0 unspecified atom stereocenters. The van der Waals surface area contributed by atoms with Crippen molar-refractivity contribution in [2.24, 2.45) is 0 Å². The number of nitrogens with one attached hydrogen (secondary N) is 3. The SMILES string of the molecule is CNC(=O)CNC(=O)Nc1ccccn1. The fourth-order valence-corrected chi connectivity index (χ4v) is 0.846. The first-order valence-corrected chi connectivity index (χ1v) is 4.39. The molecule has 0 saturated heterocycles. The van der Waals surface area contributed by atoms with Gasteiger partial charge in [-0.05, 0) is 12.1 Å². The second kappa shape index (κ2) is 5.58. The third kappa shape index (κ3) is 4.08.